The Bertz CT molecular complexity index is 981. The van der Waals surface area contributed by atoms with E-state index < -0.39 is 17.1 Å². The zero-order chi connectivity index (χ0) is 17.9. The summed E-state index contributed by atoms with van der Waals surface area (Å²) < 4.78 is 22.7. The lowest BCUT2D eigenvalue weighted by Crippen LogP contribution is -2.47. The number of hydrogen-bond donors (Lipinski definition) is 1. The zero-order valence-corrected chi connectivity index (χ0v) is 14.3. The summed E-state index contributed by atoms with van der Waals surface area (Å²) in [6, 6.07) is 0.884. The third-order valence-electron chi connectivity index (χ3n) is 5.37. The average molecular weight is 348 g/mol. The minimum Gasteiger partial charge on any atom is -0.487 e. The van der Waals surface area contributed by atoms with Crippen LogP contribution in [0.5, 0.6) is 5.75 Å². The molecule has 0 aliphatic carbocycles. The van der Waals surface area contributed by atoms with Crippen LogP contribution in [-0.2, 0) is 0 Å². The smallest absolute Gasteiger partial charge is 0.350 e. The maximum absolute atomic E-state index is 14.9. The lowest BCUT2D eigenvalue weighted by molar-refractivity contribution is 0.241. The van der Waals surface area contributed by atoms with Crippen LogP contribution in [0, 0.1) is 11.7 Å². The summed E-state index contributed by atoms with van der Waals surface area (Å²) in [7, 11) is 0. The van der Waals surface area contributed by atoms with Crippen molar-refractivity contribution in [3.8, 4) is 5.75 Å². The molecular formula is C17H21FN4O3. The summed E-state index contributed by atoms with van der Waals surface area (Å²) >= 11 is 0. The van der Waals surface area contributed by atoms with E-state index in [2.05, 4.69) is 6.92 Å². The quantitative estimate of drug-likeness (QED) is 0.825. The molecule has 1 aromatic heterocycles. The first-order valence-electron chi connectivity index (χ1n) is 8.60. The fourth-order valence-electron chi connectivity index (χ4n) is 3.92. The van der Waals surface area contributed by atoms with Gasteiger partial charge in [-0.2, -0.15) is 4.68 Å². The van der Waals surface area contributed by atoms with E-state index in [0.717, 1.165) is 25.9 Å². The Hall–Kier alpha value is -2.51. The van der Waals surface area contributed by atoms with E-state index in [1.165, 1.54) is 10.6 Å². The first-order chi connectivity index (χ1) is 11.9. The van der Waals surface area contributed by atoms with Gasteiger partial charge in [-0.3, -0.25) is 9.36 Å². The number of aromatic nitrogens is 2. The van der Waals surface area contributed by atoms with Crippen molar-refractivity contribution in [1.82, 2.24) is 9.24 Å². The second-order valence-corrected chi connectivity index (χ2v) is 6.93. The molecule has 0 saturated carbocycles. The third kappa shape index (κ3) is 2.16. The molecule has 0 unspecified atom stereocenters. The molecule has 134 valence electrons. The predicted molar refractivity (Wildman–Crippen MR) is 93.4 cm³/mol. The van der Waals surface area contributed by atoms with Gasteiger partial charge in [-0.1, -0.05) is 13.3 Å². The Morgan fingerprint density at radius 1 is 1.40 bits per heavy atom. The number of benzene rings is 1. The zero-order valence-electron chi connectivity index (χ0n) is 14.3. The molecule has 4 rings (SSSR count). The number of anilines is 1. The molecule has 25 heavy (non-hydrogen) atoms. The van der Waals surface area contributed by atoms with Crippen molar-refractivity contribution < 1.29 is 9.13 Å². The van der Waals surface area contributed by atoms with E-state index in [4.69, 9.17) is 10.6 Å². The minimum absolute atomic E-state index is 0.0659. The maximum atomic E-state index is 14.9. The normalized spacial score (nSPS) is 22.4. The highest BCUT2D eigenvalue weighted by Gasteiger charge is 2.32. The molecule has 1 aromatic carbocycles. The summed E-state index contributed by atoms with van der Waals surface area (Å²) in [6.45, 7) is 5.62. The summed E-state index contributed by atoms with van der Waals surface area (Å²) in [5, 5.41) is 0.0659. The van der Waals surface area contributed by atoms with E-state index in [1.807, 2.05) is 4.90 Å². The second-order valence-electron chi connectivity index (χ2n) is 6.93. The van der Waals surface area contributed by atoms with E-state index in [1.54, 1.807) is 6.92 Å². The van der Waals surface area contributed by atoms with Gasteiger partial charge in [0, 0.05) is 13.1 Å². The van der Waals surface area contributed by atoms with Crippen molar-refractivity contribution in [2.24, 2.45) is 5.92 Å². The molecule has 2 aromatic rings. The molecule has 0 amide bonds. The molecule has 0 bridgehead atoms. The number of halogens is 1. The minimum atomic E-state index is -0.714. The predicted octanol–water partition coefficient (Wildman–Crippen LogP) is 1.21. The van der Waals surface area contributed by atoms with E-state index >= 15 is 0 Å². The van der Waals surface area contributed by atoms with Gasteiger partial charge in [0.1, 0.15) is 17.8 Å². The Morgan fingerprint density at radius 2 is 2.16 bits per heavy atom. The van der Waals surface area contributed by atoms with E-state index in [0.29, 0.717) is 21.8 Å². The first-order valence-corrected chi connectivity index (χ1v) is 8.60. The molecule has 2 aliphatic heterocycles. The van der Waals surface area contributed by atoms with Crippen LogP contribution in [0.3, 0.4) is 0 Å². The Morgan fingerprint density at radius 3 is 2.84 bits per heavy atom. The van der Waals surface area contributed by atoms with Crippen molar-refractivity contribution in [2.45, 2.75) is 32.7 Å². The topological polar surface area (TPSA) is 82.5 Å². The van der Waals surface area contributed by atoms with Crippen molar-refractivity contribution in [1.29, 1.82) is 0 Å². The monoisotopic (exact) mass is 348 g/mol. The summed E-state index contributed by atoms with van der Waals surface area (Å²) in [6.07, 6.45) is 2.02. The van der Waals surface area contributed by atoms with E-state index in [-0.39, 0.29) is 23.8 Å². The molecule has 8 heteroatoms. The van der Waals surface area contributed by atoms with Crippen LogP contribution in [0.2, 0.25) is 0 Å². The average Bonchev–Trinajstić information content (AvgIpc) is 3.07. The number of nitrogens with two attached hydrogens (primary N) is 1. The molecule has 3 heterocycles. The molecule has 1 fully saturated rings. The largest absolute Gasteiger partial charge is 0.487 e. The third-order valence-corrected chi connectivity index (χ3v) is 5.37. The van der Waals surface area contributed by atoms with Crippen LogP contribution in [0.4, 0.5) is 10.1 Å². The van der Waals surface area contributed by atoms with Crippen LogP contribution in [0.1, 0.15) is 32.7 Å². The van der Waals surface area contributed by atoms with Gasteiger partial charge in [-0.05, 0) is 25.3 Å². The molecule has 7 nitrogen and oxygen atoms in total. The molecule has 2 aliphatic rings. The van der Waals surface area contributed by atoms with Gasteiger partial charge in [0.2, 0.25) is 0 Å². The number of nitrogens with zero attached hydrogens (tertiary/aromatic N) is 3. The lowest BCUT2D eigenvalue weighted by Gasteiger charge is -2.30. The van der Waals surface area contributed by atoms with Crippen LogP contribution < -0.4 is 26.7 Å². The fraction of sp³-hybridized carbons (Fsp3) is 0.529. The summed E-state index contributed by atoms with van der Waals surface area (Å²) in [5.41, 5.74) is -0.641. The van der Waals surface area contributed by atoms with E-state index in [9.17, 15) is 14.0 Å². The molecule has 2 N–H and O–H groups in total. The molecule has 0 radical (unpaired) electrons. The highest BCUT2D eigenvalue weighted by molar-refractivity contribution is 5.91. The van der Waals surface area contributed by atoms with Gasteiger partial charge >= 0.3 is 5.69 Å². The molecule has 1 saturated heterocycles. The first kappa shape index (κ1) is 16.0. The highest BCUT2D eigenvalue weighted by Crippen LogP contribution is 2.42. The van der Waals surface area contributed by atoms with Crippen molar-refractivity contribution in [2.75, 3.05) is 30.4 Å². The molecular weight excluding hydrogens is 327 g/mol. The van der Waals surface area contributed by atoms with Gasteiger partial charge in [0.15, 0.2) is 11.6 Å². The molecule has 2 atom stereocenters. The van der Waals surface area contributed by atoms with Crippen molar-refractivity contribution in [3.05, 3.63) is 32.7 Å². The van der Waals surface area contributed by atoms with Gasteiger partial charge in [-0.15, -0.1) is 0 Å². The number of hydrogen-bond acceptors (Lipinski definition) is 5. The van der Waals surface area contributed by atoms with Gasteiger partial charge in [0.25, 0.3) is 5.56 Å². The Balaban J connectivity index is 2.05. The standard InChI is InChI=1S/C17H21FN4O3/c1-3-10-4-5-20(7-10)14-12(18)6-11-13-15(14)25-8-9(2)21(13)17(24)22(19)16(11)23/h6,9-10H,3-5,7-8,19H2,1-2H3/t9-,10+/m1/s1. The van der Waals surface area contributed by atoms with Gasteiger partial charge in [-0.25, -0.2) is 9.18 Å². The number of ether oxygens (including phenoxy) is 1. The maximum Gasteiger partial charge on any atom is 0.350 e. The number of nitrogen functional groups attached to an aromatic ring is 1. The summed E-state index contributed by atoms with van der Waals surface area (Å²) in [5.74, 6) is 5.87. The SMILES string of the molecule is CC[C@H]1CCN(c2c(F)cc3c(=O)n(N)c(=O)n4c3c2OC[C@H]4C)C1. The van der Waals surface area contributed by atoms with Crippen LogP contribution in [-0.4, -0.2) is 28.9 Å². The number of rotatable bonds is 2. The van der Waals surface area contributed by atoms with Crippen LogP contribution >= 0.6 is 0 Å². The summed E-state index contributed by atoms with van der Waals surface area (Å²) in [4.78, 5) is 26.8. The van der Waals surface area contributed by atoms with Gasteiger partial charge in [0.05, 0.1) is 11.4 Å². The van der Waals surface area contributed by atoms with Gasteiger partial charge < -0.3 is 15.5 Å². The van der Waals surface area contributed by atoms with Crippen LogP contribution in [0.15, 0.2) is 15.7 Å². The Kier molecular flexibility index (Phi) is 3.52. The lowest BCUT2D eigenvalue weighted by atomic mass is 10.1. The fourth-order valence-corrected chi connectivity index (χ4v) is 3.92. The van der Waals surface area contributed by atoms with Crippen molar-refractivity contribution >= 4 is 16.6 Å². The Labute approximate surface area is 143 Å². The highest BCUT2D eigenvalue weighted by atomic mass is 19.1. The molecule has 0 spiro atoms. The van der Waals surface area contributed by atoms with Crippen molar-refractivity contribution in [3.63, 3.8) is 0 Å². The second kappa shape index (κ2) is 5.50. The van der Waals surface area contributed by atoms with Crippen LogP contribution in [0.25, 0.3) is 10.9 Å².